The van der Waals surface area contributed by atoms with E-state index < -0.39 is 27.6 Å². The predicted molar refractivity (Wildman–Crippen MR) is 97.6 cm³/mol. The highest BCUT2D eigenvalue weighted by Crippen LogP contribution is 2.35. The van der Waals surface area contributed by atoms with Crippen LogP contribution in [0, 0.1) is 37.3 Å². The van der Waals surface area contributed by atoms with Gasteiger partial charge in [0.15, 0.2) is 11.6 Å². The fourth-order valence-corrected chi connectivity index (χ4v) is 3.42. The van der Waals surface area contributed by atoms with Gasteiger partial charge in [0.05, 0.1) is 0 Å². The van der Waals surface area contributed by atoms with E-state index in [9.17, 15) is 17.2 Å². The molecule has 26 heavy (non-hydrogen) atoms. The first-order valence-corrected chi connectivity index (χ1v) is 9.52. The summed E-state index contributed by atoms with van der Waals surface area (Å²) in [5, 5.41) is 5.08. The number of halogens is 2. The lowest BCUT2D eigenvalue weighted by atomic mass is 9.86. The molecule has 1 unspecified atom stereocenters. The highest BCUT2D eigenvalue weighted by molar-refractivity contribution is 7.93. The summed E-state index contributed by atoms with van der Waals surface area (Å²) in [6, 6.07) is 7.97. The van der Waals surface area contributed by atoms with Crippen LogP contribution < -0.4 is 5.14 Å². The largest absolute Gasteiger partial charge is 0.245 e. The number of primary sulfonamides is 1. The van der Waals surface area contributed by atoms with E-state index in [2.05, 4.69) is 11.8 Å². The molecule has 0 saturated carbocycles. The lowest BCUT2D eigenvalue weighted by molar-refractivity contribution is 0.507. The van der Waals surface area contributed by atoms with Crippen LogP contribution in [-0.4, -0.2) is 8.42 Å². The molecule has 6 heteroatoms. The first-order chi connectivity index (χ1) is 12.2. The third kappa shape index (κ3) is 3.55. The molecule has 0 amide bonds. The average molecular weight is 373 g/mol. The van der Waals surface area contributed by atoms with E-state index in [1.165, 1.54) is 6.08 Å². The molecule has 1 aliphatic carbocycles. The highest BCUT2D eigenvalue weighted by atomic mass is 32.2. The van der Waals surface area contributed by atoms with Crippen LogP contribution in [0.5, 0.6) is 0 Å². The Morgan fingerprint density at radius 2 is 1.77 bits per heavy atom. The fourth-order valence-electron chi connectivity index (χ4n) is 2.89. The normalized spacial score (nSPS) is 16.7. The smallest absolute Gasteiger partial charge is 0.224 e. The van der Waals surface area contributed by atoms with E-state index in [-0.39, 0.29) is 11.3 Å². The van der Waals surface area contributed by atoms with Crippen LogP contribution in [0.4, 0.5) is 8.78 Å². The Hall–Kier alpha value is -2.49. The van der Waals surface area contributed by atoms with E-state index in [1.807, 2.05) is 32.0 Å². The van der Waals surface area contributed by atoms with Crippen molar-refractivity contribution in [2.45, 2.75) is 26.2 Å². The highest BCUT2D eigenvalue weighted by Gasteiger charge is 2.21. The molecule has 2 N–H and O–H groups in total. The molecule has 134 valence electrons. The lowest BCUT2D eigenvalue weighted by Crippen LogP contribution is -2.15. The van der Waals surface area contributed by atoms with Crippen LogP contribution in [0.1, 0.15) is 29.0 Å². The lowest BCUT2D eigenvalue weighted by Gasteiger charge is -2.18. The molecule has 0 saturated heterocycles. The van der Waals surface area contributed by atoms with Crippen molar-refractivity contribution in [1.82, 2.24) is 0 Å². The zero-order valence-electron chi connectivity index (χ0n) is 14.3. The number of hydrogen-bond donors (Lipinski definition) is 1. The number of allylic oxidation sites excluding steroid dienone is 2. The Kier molecular flexibility index (Phi) is 4.70. The maximum absolute atomic E-state index is 13.9. The van der Waals surface area contributed by atoms with Crippen molar-refractivity contribution in [1.29, 1.82) is 0 Å². The molecule has 0 aliphatic heterocycles. The number of benzene rings is 2. The van der Waals surface area contributed by atoms with Crippen LogP contribution >= 0.6 is 0 Å². The topological polar surface area (TPSA) is 60.2 Å². The molecule has 0 fully saturated rings. The molecule has 1 aliphatic rings. The molecule has 0 bridgehead atoms. The summed E-state index contributed by atoms with van der Waals surface area (Å²) in [5.74, 6) is 2.98. The first kappa shape index (κ1) is 18.3. The van der Waals surface area contributed by atoms with Crippen LogP contribution in [-0.2, 0) is 10.0 Å². The molecule has 2 aromatic rings. The van der Waals surface area contributed by atoms with Crippen molar-refractivity contribution < 1.29 is 17.2 Å². The van der Waals surface area contributed by atoms with E-state index >= 15 is 0 Å². The van der Waals surface area contributed by atoms with Gasteiger partial charge in [-0.2, -0.15) is 0 Å². The Labute approximate surface area is 151 Å². The Morgan fingerprint density at radius 3 is 2.35 bits per heavy atom. The van der Waals surface area contributed by atoms with E-state index in [0.717, 1.165) is 28.8 Å². The molecule has 0 spiro atoms. The number of nitrogens with two attached hydrogens (primary N) is 1. The average Bonchev–Trinajstić information content (AvgIpc) is 2.59. The van der Waals surface area contributed by atoms with Gasteiger partial charge in [-0.1, -0.05) is 36.1 Å². The molecular weight excluding hydrogens is 356 g/mol. The van der Waals surface area contributed by atoms with Gasteiger partial charge >= 0.3 is 0 Å². The van der Waals surface area contributed by atoms with Crippen molar-refractivity contribution in [3.05, 3.63) is 69.6 Å². The summed E-state index contributed by atoms with van der Waals surface area (Å²) >= 11 is 0. The van der Waals surface area contributed by atoms with Crippen LogP contribution in [0.15, 0.2) is 41.3 Å². The molecule has 3 rings (SSSR count). The van der Waals surface area contributed by atoms with E-state index in [4.69, 9.17) is 5.14 Å². The summed E-state index contributed by atoms with van der Waals surface area (Å²) in [6.45, 7) is 3.91. The molecule has 1 atom stereocenters. The van der Waals surface area contributed by atoms with Gasteiger partial charge < -0.3 is 0 Å². The minimum Gasteiger partial charge on any atom is -0.224 e. The van der Waals surface area contributed by atoms with Gasteiger partial charge in [-0.3, -0.25) is 0 Å². The second kappa shape index (κ2) is 6.67. The van der Waals surface area contributed by atoms with Crippen LogP contribution in [0.25, 0.3) is 11.1 Å². The number of rotatable bonds is 3. The maximum Gasteiger partial charge on any atom is 0.245 e. The molecule has 0 radical (unpaired) electrons. The van der Waals surface area contributed by atoms with E-state index in [1.54, 1.807) is 0 Å². The van der Waals surface area contributed by atoms with Crippen molar-refractivity contribution >= 4 is 10.0 Å². The zero-order chi connectivity index (χ0) is 19.1. The molecule has 0 aromatic heterocycles. The maximum atomic E-state index is 13.9. The monoisotopic (exact) mass is 373 g/mol. The zero-order valence-corrected chi connectivity index (χ0v) is 15.1. The minimum absolute atomic E-state index is 0.149. The Morgan fingerprint density at radius 1 is 1.08 bits per heavy atom. The van der Waals surface area contributed by atoms with Gasteiger partial charge in [-0.15, -0.1) is 0 Å². The van der Waals surface area contributed by atoms with Crippen LogP contribution in [0.2, 0.25) is 0 Å². The van der Waals surface area contributed by atoms with Crippen molar-refractivity contribution in [3.63, 3.8) is 0 Å². The van der Waals surface area contributed by atoms with Crippen molar-refractivity contribution in [2.24, 2.45) is 5.14 Å². The Bertz CT molecular complexity index is 1090. The van der Waals surface area contributed by atoms with Gasteiger partial charge in [-0.05, 0) is 60.2 Å². The van der Waals surface area contributed by atoms with Gasteiger partial charge in [0.25, 0.3) is 0 Å². The number of aryl methyl sites for hydroxylation is 2. The Balaban J connectivity index is 2.11. The SMILES string of the molecule is Cc1ccc(-c2cc(F)c(F)cc2C2C#CC(S(N)(=O)=O)=CC2)cc1C. The van der Waals surface area contributed by atoms with Crippen molar-refractivity contribution in [2.75, 3.05) is 0 Å². The van der Waals surface area contributed by atoms with E-state index in [0.29, 0.717) is 11.1 Å². The van der Waals surface area contributed by atoms with Gasteiger partial charge in [0, 0.05) is 5.92 Å². The first-order valence-electron chi connectivity index (χ1n) is 7.98. The molecule has 3 nitrogen and oxygen atoms in total. The quantitative estimate of drug-likeness (QED) is 0.829. The summed E-state index contributed by atoms with van der Waals surface area (Å²) < 4.78 is 50.5. The number of sulfonamides is 1. The third-order valence-electron chi connectivity index (χ3n) is 4.50. The van der Waals surface area contributed by atoms with Gasteiger partial charge in [-0.25, -0.2) is 22.3 Å². The number of hydrogen-bond acceptors (Lipinski definition) is 2. The van der Waals surface area contributed by atoms with Crippen molar-refractivity contribution in [3.8, 4) is 23.0 Å². The third-order valence-corrected chi connectivity index (χ3v) is 5.38. The minimum atomic E-state index is -3.87. The summed E-state index contributed by atoms with van der Waals surface area (Å²) in [7, 11) is -3.87. The van der Waals surface area contributed by atoms with Gasteiger partial charge in [0.2, 0.25) is 10.0 Å². The second-order valence-corrected chi connectivity index (χ2v) is 7.85. The fraction of sp³-hybridized carbons (Fsp3) is 0.200. The molecular formula is C20H17F2NO2S. The summed E-state index contributed by atoms with van der Waals surface area (Å²) in [5.41, 5.74) is 3.94. The molecule has 2 aromatic carbocycles. The van der Waals surface area contributed by atoms with Gasteiger partial charge in [0.1, 0.15) is 4.91 Å². The summed E-state index contributed by atoms with van der Waals surface area (Å²) in [6.07, 6.45) is 1.67. The standard InChI is InChI=1S/C20H17F2NO2S/c1-12-3-4-15(9-13(12)2)18-11-20(22)19(21)10-17(18)14-5-7-16(8-6-14)26(23,24)25/h3-4,7,9-11,14H,5H2,1-2H3,(H2,23,24,25). The predicted octanol–water partition coefficient (Wildman–Crippen LogP) is 3.91. The molecule has 0 heterocycles. The second-order valence-electron chi connectivity index (χ2n) is 6.32. The summed E-state index contributed by atoms with van der Waals surface area (Å²) in [4.78, 5) is -0.149. The van der Waals surface area contributed by atoms with Crippen LogP contribution in [0.3, 0.4) is 0 Å².